The molecule has 1 saturated heterocycles. The zero-order chi connectivity index (χ0) is 18.1. The number of thioether (sulfide) groups is 1. The maximum Gasteiger partial charge on any atom is 0.319 e. The maximum atomic E-state index is 11.9. The second-order valence-electron chi connectivity index (χ2n) is 6.00. The van der Waals surface area contributed by atoms with Gasteiger partial charge in [-0.05, 0) is 42.8 Å². The van der Waals surface area contributed by atoms with Gasteiger partial charge in [0.1, 0.15) is 5.25 Å². The van der Waals surface area contributed by atoms with Crippen LogP contribution in [0.1, 0.15) is 12.0 Å². The zero-order valence-corrected chi connectivity index (χ0v) is 15.6. The van der Waals surface area contributed by atoms with E-state index in [2.05, 4.69) is 10.2 Å². The van der Waals surface area contributed by atoms with Gasteiger partial charge in [0.25, 0.3) is 0 Å². The van der Waals surface area contributed by atoms with Gasteiger partial charge in [-0.15, -0.1) is 10.2 Å². The topological polar surface area (TPSA) is 57.0 Å². The number of aryl methyl sites for hydroxylation is 1. The number of rotatable bonds is 4. The van der Waals surface area contributed by atoms with Crippen LogP contribution in [0, 0.1) is 6.92 Å². The quantitative estimate of drug-likeness (QED) is 0.626. The summed E-state index contributed by atoms with van der Waals surface area (Å²) in [7, 11) is 0. The van der Waals surface area contributed by atoms with Gasteiger partial charge in [-0.25, -0.2) is 0 Å². The second-order valence-corrected chi connectivity index (χ2v) is 7.60. The molecular weight excluding hydrogens is 370 g/mol. The Bertz CT molecular complexity index is 956. The van der Waals surface area contributed by atoms with Crippen molar-refractivity contribution in [3.05, 3.63) is 59.1 Å². The highest BCUT2D eigenvalue weighted by Crippen LogP contribution is 2.34. The van der Waals surface area contributed by atoms with Crippen LogP contribution in [0.25, 0.3) is 17.1 Å². The van der Waals surface area contributed by atoms with Gasteiger partial charge in [-0.2, -0.15) is 0 Å². The van der Waals surface area contributed by atoms with E-state index < -0.39 is 0 Å². The number of cyclic esters (lactones) is 1. The molecule has 0 spiro atoms. The summed E-state index contributed by atoms with van der Waals surface area (Å²) in [5.74, 6) is 0.521. The number of halogens is 1. The molecule has 132 valence electrons. The number of carbonyl (C=O) groups is 1. The first-order chi connectivity index (χ1) is 12.6. The zero-order valence-electron chi connectivity index (χ0n) is 14.1. The molecule has 0 N–H and O–H groups in total. The van der Waals surface area contributed by atoms with Crippen molar-refractivity contribution in [3.63, 3.8) is 0 Å². The number of hydrogen-bond donors (Lipinski definition) is 0. The predicted octanol–water partition coefficient (Wildman–Crippen LogP) is 4.30. The molecule has 1 aliphatic heterocycles. The van der Waals surface area contributed by atoms with Gasteiger partial charge < -0.3 is 4.74 Å². The highest BCUT2D eigenvalue weighted by molar-refractivity contribution is 8.00. The fraction of sp³-hybridized carbons (Fsp3) is 0.211. The van der Waals surface area contributed by atoms with Crippen LogP contribution in [0.2, 0.25) is 5.02 Å². The van der Waals surface area contributed by atoms with Crippen molar-refractivity contribution >= 4 is 29.3 Å². The third-order valence-corrected chi connectivity index (χ3v) is 5.67. The number of esters is 1. The lowest BCUT2D eigenvalue weighted by Crippen LogP contribution is -2.11. The average molecular weight is 386 g/mol. The highest BCUT2D eigenvalue weighted by Gasteiger charge is 2.30. The van der Waals surface area contributed by atoms with Gasteiger partial charge in [0.2, 0.25) is 0 Å². The fourth-order valence-corrected chi connectivity index (χ4v) is 4.01. The Hall–Kier alpha value is -2.31. The molecule has 7 heteroatoms. The Kier molecular flexibility index (Phi) is 4.70. The maximum absolute atomic E-state index is 11.9. The van der Waals surface area contributed by atoms with E-state index >= 15 is 0 Å². The second kappa shape index (κ2) is 7.13. The van der Waals surface area contributed by atoms with Crippen LogP contribution in [0.5, 0.6) is 0 Å². The van der Waals surface area contributed by atoms with E-state index in [4.69, 9.17) is 16.3 Å². The Labute approximate surface area is 160 Å². The molecule has 3 aromatic rings. The summed E-state index contributed by atoms with van der Waals surface area (Å²) in [6, 6.07) is 15.5. The molecule has 1 aromatic heterocycles. The largest absolute Gasteiger partial charge is 0.465 e. The van der Waals surface area contributed by atoms with Crippen LogP contribution in [0.4, 0.5) is 0 Å². The number of nitrogens with zero attached hydrogens (tertiary/aromatic N) is 3. The van der Waals surface area contributed by atoms with Crippen LogP contribution in [0.15, 0.2) is 53.7 Å². The number of carbonyl (C=O) groups excluding carboxylic acids is 1. The SMILES string of the molecule is Cc1ccccc1-n1c(S[C@@H]2CCOC2=O)nnc1-c1ccc(Cl)cc1. The first-order valence-electron chi connectivity index (χ1n) is 8.24. The van der Waals surface area contributed by atoms with Gasteiger partial charge >= 0.3 is 5.97 Å². The van der Waals surface area contributed by atoms with Crippen molar-refractivity contribution in [1.29, 1.82) is 0 Å². The van der Waals surface area contributed by atoms with Crippen LogP contribution >= 0.6 is 23.4 Å². The van der Waals surface area contributed by atoms with Gasteiger partial charge in [0.15, 0.2) is 11.0 Å². The molecule has 1 atom stereocenters. The van der Waals surface area contributed by atoms with Crippen LogP contribution in [0.3, 0.4) is 0 Å². The fourth-order valence-electron chi connectivity index (χ4n) is 2.88. The summed E-state index contributed by atoms with van der Waals surface area (Å²) in [6.45, 7) is 2.50. The van der Waals surface area contributed by atoms with Crippen molar-refractivity contribution in [3.8, 4) is 17.1 Å². The van der Waals surface area contributed by atoms with E-state index in [0.29, 0.717) is 29.0 Å². The molecule has 1 fully saturated rings. The first kappa shape index (κ1) is 17.1. The minimum absolute atomic E-state index is 0.192. The van der Waals surface area contributed by atoms with Crippen LogP contribution in [-0.4, -0.2) is 32.6 Å². The van der Waals surface area contributed by atoms with E-state index in [0.717, 1.165) is 16.8 Å². The lowest BCUT2D eigenvalue weighted by atomic mass is 10.1. The number of aromatic nitrogens is 3. The third kappa shape index (κ3) is 3.22. The molecule has 0 aliphatic carbocycles. The summed E-state index contributed by atoms with van der Waals surface area (Å²) >= 11 is 7.41. The molecule has 2 aromatic carbocycles. The minimum Gasteiger partial charge on any atom is -0.465 e. The number of hydrogen-bond acceptors (Lipinski definition) is 5. The van der Waals surface area contributed by atoms with E-state index in [-0.39, 0.29) is 11.2 Å². The molecule has 5 nitrogen and oxygen atoms in total. The summed E-state index contributed by atoms with van der Waals surface area (Å²) < 4.78 is 7.07. The molecule has 0 amide bonds. The van der Waals surface area contributed by atoms with E-state index in [9.17, 15) is 4.79 Å². The lowest BCUT2D eigenvalue weighted by Gasteiger charge is -2.13. The van der Waals surface area contributed by atoms with Crippen molar-refractivity contribution < 1.29 is 9.53 Å². The number of benzene rings is 2. The van der Waals surface area contributed by atoms with Gasteiger partial charge in [0, 0.05) is 17.0 Å². The van der Waals surface area contributed by atoms with Gasteiger partial charge in [0.05, 0.1) is 12.3 Å². The molecule has 0 unspecified atom stereocenters. The van der Waals surface area contributed by atoms with Gasteiger partial charge in [-0.1, -0.05) is 41.6 Å². The molecular formula is C19H16ClN3O2S. The van der Waals surface area contributed by atoms with E-state index in [1.807, 2.05) is 60.0 Å². The van der Waals surface area contributed by atoms with Crippen molar-refractivity contribution in [2.75, 3.05) is 6.61 Å². The molecule has 26 heavy (non-hydrogen) atoms. The van der Waals surface area contributed by atoms with E-state index in [1.165, 1.54) is 11.8 Å². The molecule has 0 saturated carbocycles. The number of para-hydroxylation sites is 1. The summed E-state index contributed by atoms with van der Waals surface area (Å²) in [5, 5.41) is 9.85. The minimum atomic E-state index is -0.250. The molecule has 4 rings (SSSR count). The predicted molar refractivity (Wildman–Crippen MR) is 102 cm³/mol. The summed E-state index contributed by atoms with van der Waals surface area (Å²) in [5.41, 5.74) is 2.99. The van der Waals surface area contributed by atoms with Crippen LogP contribution < -0.4 is 0 Å². The number of ether oxygens (including phenoxy) is 1. The Balaban J connectivity index is 1.83. The van der Waals surface area contributed by atoms with Crippen molar-refractivity contribution in [2.24, 2.45) is 0 Å². The van der Waals surface area contributed by atoms with Crippen molar-refractivity contribution in [2.45, 2.75) is 23.8 Å². The monoisotopic (exact) mass is 385 g/mol. The lowest BCUT2D eigenvalue weighted by molar-refractivity contribution is -0.137. The Morgan fingerprint density at radius 1 is 1.15 bits per heavy atom. The molecule has 1 aliphatic rings. The summed E-state index contributed by atoms with van der Waals surface area (Å²) in [6.07, 6.45) is 0.681. The normalized spacial score (nSPS) is 16.7. The highest BCUT2D eigenvalue weighted by atomic mass is 35.5. The first-order valence-corrected chi connectivity index (χ1v) is 9.50. The average Bonchev–Trinajstić information content (AvgIpc) is 3.23. The van der Waals surface area contributed by atoms with Crippen LogP contribution in [-0.2, 0) is 9.53 Å². The third-order valence-electron chi connectivity index (χ3n) is 4.23. The Morgan fingerprint density at radius 2 is 1.92 bits per heavy atom. The molecule has 0 radical (unpaired) electrons. The Morgan fingerprint density at radius 3 is 2.62 bits per heavy atom. The van der Waals surface area contributed by atoms with Crippen molar-refractivity contribution in [1.82, 2.24) is 14.8 Å². The summed E-state index contributed by atoms with van der Waals surface area (Å²) in [4.78, 5) is 11.9. The molecule has 0 bridgehead atoms. The molecule has 2 heterocycles. The van der Waals surface area contributed by atoms with Gasteiger partial charge in [-0.3, -0.25) is 9.36 Å². The smallest absolute Gasteiger partial charge is 0.319 e. The van der Waals surface area contributed by atoms with E-state index in [1.54, 1.807) is 0 Å². The standard InChI is InChI=1S/C19H16ClN3O2S/c1-12-4-2-3-5-15(12)23-17(13-6-8-14(20)9-7-13)21-22-19(23)26-16-10-11-25-18(16)24/h2-9,16H,10-11H2,1H3/t16-/m1/s1.